The summed E-state index contributed by atoms with van der Waals surface area (Å²) in [6.45, 7) is 3.60. The molecule has 1 N–H and O–H groups in total. The molecule has 0 spiro atoms. The van der Waals surface area contributed by atoms with Crippen molar-refractivity contribution in [2.75, 3.05) is 18.5 Å². The number of halogens is 2. The summed E-state index contributed by atoms with van der Waals surface area (Å²) in [4.78, 5) is 7.75. The fourth-order valence-electron chi connectivity index (χ4n) is 1.07. The highest BCUT2D eigenvalue weighted by Crippen LogP contribution is 2.20. The van der Waals surface area contributed by atoms with Crippen molar-refractivity contribution in [3.8, 4) is 5.88 Å². The summed E-state index contributed by atoms with van der Waals surface area (Å²) in [6, 6.07) is 0. The van der Waals surface area contributed by atoms with E-state index in [0.717, 1.165) is 0 Å². The van der Waals surface area contributed by atoms with Gasteiger partial charge >= 0.3 is 0 Å². The molecule has 0 aliphatic rings. The minimum atomic E-state index is -2.41. The average Bonchev–Trinajstić information content (AvgIpc) is 2.19. The SMILES string of the molecule is CCOc1ncnc(NCC(F)F)c1C. The van der Waals surface area contributed by atoms with Crippen LogP contribution in [0.25, 0.3) is 0 Å². The summed E-state index contributed by atoms with van der Waals surface area (Å²) in [6.07, 6.45) is -1.12. The van der Waals surface area contributed by atoms with Crippen molar-refractivity contribution >= 4 is 5.82 Å². The van der Waals surface area contributed by atoms with Gasteiger partial charge in [-0.1, -0.05) is 0 Å². The summed E-state index contributed by atoms with van der Waals surface area (Å²) in [5, 5.41) is 2.53. The van der Waals surface area contributed by atoms with Gasteiger partial charge in [0, 0.05) is 0 Å². The summed E-state index contributed by atoms with van der Waals surface area (Å²) in [7, 11) is 0. The Hall–Kier alpha value is -1.46. The first-order valence-electron chi connectivity index (χ1n) is 4.61. The van der Waals surface area contributed by atoms with Crippen LogP contribution in [-0.4, -0.2) is 29.5 Å². The summed E-state index contributed by atoms with van der Waals surface area (Å²) in [5.74, 6) is 0.804. The van der Waals surface area contributed by atoms with E-state index < -0.39 is 13.0 Å². The molecule has 1 aromatic heterocycles. The second kappa shape index (κ2) is 5.43. The Morgan fingerprint density at radius 2 is 2.20 bits per heavy atom. The van der Waals surface area contributed by atoms with Crippen LogP contribution in [0.1, 0.15) is 12.5 Å². The third kappa shape index (κ3) is 3.30. The molecule has 15 heavy (non-hydrogen) atoms. The van der Waals surface area contributed by atoms with Crippen LogP contribution in [0, 0.1) is 6.92 Å². The molecule has 0 saturated heterocycles. The third-order valence-corrected chi connectivity index (χ3v) is 1.74. The first kappa shape index (κ1) is 11.6. The van der Waals surface area contributed by atoms with Crippen LogP contribution >= 0.6 is 0 Å². The Balaban J connectivity index is 2.75. The number of hydrogen-bond donors (Lipinski definition) is 1. The van der Waals surface area contributed by atoms with Gasteiger partial charge in [-0.2, -0.15) is 0 Å². The van der Waals surface area contributed by atoms with Crippen LogP contribution in [0.3, 0.4) is 0 Å². The van der Waals surface area contributed by atoms with E-state index in [2.05, 4.69) is 15.3 Å². The van der Waals surface area contributed by atoms with E-state index in [4.69, 9.17) is 4.74 Å². The van der Waals surface area contributed by atoms with Gasteiger partial charge in [0.05, 0.1) is 18.7 Å². The smallest absolute Gasteiger partial charge is 0.255 e. The molecule has 1 rings (SSSR count). The van der Waals surface area contributed by atoms with Crippen molar-refractivity contribution in [2.24, 2.45) is 0 Å². The zero-order valence-corrected chi connectivity index (χ0v) is 8.63. The second-order valence-electron chi connectivity index (χ2n) is 2.86. The fraction of sp³-hybridized carbons (Fsp3) is 0.556. The topological polar surface area (TPSA) is 47.0 Å². The second-order valence-corrected chi connectivity index (χ2v) is 2.86. The highest BCUT2D eigenvalue weighted by molar-refractivity contribution is 5.47. The van der Waals surface area contributed by atoms with Crippen LogP contribution in [0.5, 0.6) is 5.88 Å². The first-order valence-corrected chi connectivity index (χ1v) is 4.61. The van der Waals surface area contributed by atoms with E-state index in [1.807, 2.05) is 6.92 Å². The zero-order chi connectivity index (χ0) is 11.3. The molecule has 6 heteroatoms. The lowest BCUT2D eigenvalue weighted by atomic mass is 10.3. The number of anilines is 1. The van der Waals surface area contributed by atoms with Crippen LogP contribution < -0.4 is 10.1 Å². The van der Waals surface area contributed by atoms with Gasteiger partial charge in [-0.25, -0.2) is 18.7 Å². The summed E-state index contributed by atoms with van der Waals surface area (Å²) < 4.78 is 29.1. The molecule has 0 unspecified atom stereocenters. The predicted molar refractivity (Wildman–Crippen MR) is 52.4 cm³/mol. The molecule has 1 heterocycles. The molecular weight excluding hydrogens is 204 g/mol. The number of alkyl halides is 2. The molecule has 1 aromatic rings. The molecule has 84 valence electrons. The van der Waals surface area contributed by atoms with Gasteiger partial charge in [-0.05, 0) is 13.8 Å². The van der Waals surface area contributed by atoms with E-state index in [1.165, 1.54) is 6.33 Å². The normalized spacial score (nSPS) is 10.5. The van der Waals surface area contributed by atoms with E-state index in [0.29, 0.717) is 23.9 Å². The monoisotopic (exact) mass is 217 g/mol. The maximum Gasteiger partial charge on any atom is 0.255 e. The minimum Gasteiger partial charge on any atom is -0.478 e. The molecule has 0 aliphatic carbocycles. The van der Waals surface area contributed by atoms with Crippen molar-refractivity contribution in [2.45, 2.75) is 20.3 Å². The quantitative estimate of drug-likeness (QED) is 0.817. The third-order valence-electron chi connectivity index (χ3n) is 1.74. The molecule has 0 aliphatic heterocycles. The Morgan fingerprint density at radius 3 is 2.80 bits per heavy atom. The van der Waals surface area contributed by atoms with Crippen molar-refractivity contribution in [1.82, 2.24) is 9.97 Å². The lowest BCUT2D eigenvalue weighted by Gasteiger charge is -2.10. The van der Waals surface area contributed by atoms with Gasteiger partial charge in [0.25, 0.3) is 6.43 Å². The standard InChI is InChI=1S/C9H13F2N3O/c1-3-15-9-6(2)8(13-5-14-9)12-4-7(10)11/h5,7H,3-4H2,1-2H3,(H,12,13,14). The molecule has 0 atom stereocenters. The molecular formula is C9H13F2N3O. The van der Waals surface area contributed by atoms with Gasteiger partial charge in [-0.15, -0.1) is 0 Å². The lowest BCUT2D eigenvalue weighted by Crippen LogP contribution is -2.13. The number of aromatic nitrogens is 2. The Labute approximate surface area is 86.7 Å². The number of rotatable bonds is 5. The van der Waals surface area contributed by atoms with Crippen LogP contribution in [0.4, 0.5) is 14.6 Å². The Kier molecular flexibility index (Phi) is 4.20. The Morgan fingerprint density at radius 1 is 1.47 bits per heavy atom. The molecule has 0 bridgehead atoms. The number of ether oxygens (including phenoxy) is 1. The van der Waals surface area contributed by atoms with Crippen LogP contribution in [-0.2, 0) is 0 Å². The lowest BCUT2D eigenvalue weighted by molar-refractivity contribution is 0.163. The summed E-state index contributed by atoms with van der Waals surface area (Å²) in [5.41, 5.74) is 0.639. The predicted octanol–water partition coefficient (Wildman–Crippen LogP) is 1.86. The minimum absolute atomic E-state index is 0.383. The molecule has 0 radical (unpaired) electrons. The van der Waals surface area contributed by atoms with Gasteiger partial charge in [0.2, 0.25) is 5.88 Å². The van der Waals surface area contributed by atoms with Gasteiger partial charge in [-0.3, -0.25) is 0 Å². The fourth-order valence-corrected chi connectivity index (χ4v) is 1.07. The average molecular weight is 217 g/mol. The van der Waals surface area contributed by atoms with Crippen molar-refractivity contribution in [1.29, 1.82) is 0 Å². The largest absolute Gasteiger partial charge is 0.478 e. The molecule has 0 aromatic carbocycles. The zero-order valence-electron chi connectivity index (χ0n) is 8.63. The van der Waals surface area contributed by atoms with E-state index in [-0.39, 0.29) is 0 Å². The number of nitrogens with one attached hydrogen (secondary N) is 1. The molecule has 0 saturated carbocycles. The van der Waals surface area contributed by atoms with Crippen molar-refractivity contribution in [3.63, 3.8) is 0 Å². The van der Waals surface area contributed by atoms with Gasteiger partial charge in [0.1, 0.15) is 12.1 Å². The van der Waals surface area contributed by atoms with Gasteiger partial charge < -0.3 is 10.1 Å². The molecule has 4 nitrogen and oxygen atoms in total. The molecule has 0 amide bonds. The van der Waals surface area contributed by atoms with Gasteiger partial charge in [0.15, 0.2) is 0 Å². The van der Waals surface area contributed by atoms with E-state index in [9.17, 15) is 8.78 Å². The number of nitrogens with zero attached hydrogens (tertiary/aromatic N) is 2. The number of hydrogen-bond acceptors (Lipinski definition) is 4. The maximum absolute atomic E-state index is 12.0. The Bertz CT molecular complexity index is 320. The highest BCUT2D eigenvalue weighted by atomic mass is 19.3. The van der Waals surface area contributed by atoms with Crippen LogP contribution in [0.2, 0.25) is 0 Å². The van der Waals surface area contributed by atoms with E-state index >= 15 is 0 Å². The maximum atomic E-state index is 12.0. The first-order chi connectivity index (χ1) is 7.15. The summed E-state index contributed by atoms with van der Waals surface area (Å²) >= 11 is 0. The van der Waals surface area contributed by atoms with Crippen molar-refractivity contribution in [3.05, 3.63) is 11.9 Å². The molecule has 0 fully saturated rings. The van der Waals surface area contributed by atoms with Crippen LogP contribution in [0.15, 0.2) is 6.33 Å². The van der Waals surface area contributed by atoms with E-state index in [1.54, 1.807) is 6.92 Å². The highest BCUT2D eigenvalue weighted by Gasteiger charge is 2.09. The van der Waals surface area contributed by atoms with Crippen molar-refractivity contribution < 1.29 is 13.5 Å².